The topological polar surface area (TPSA) is 56.7 Å². The summed E-state index contributed by atoms with van der Waals surface area (Å²) in [6, 6.07) is 0. The van der Waals surface area contributed by atoms with E-state index in [9.17, 15) is 0 Å². The highest BCUT2D eigenvalue weighted by Crippen LogP contribution is 2.31. The molecule has 4 heteroatoms. The molecule has 1 aliphatic rings. The van der Waals surface area contributed by atoms with Gasteiger partial charge in [0.2, 0.25) is 5.95 Å². The zero-order chi connectivity index (χ0) is 7.84. The fourth-order valence-corrected chi connectivity index (χ4v) is 1.12. The van der Waals surface area contributed by atoms with Crippen LogP contribution in [0.25, 0.3) is 0 Å². The molecule has 1 aromatic heterocycles. The van der Waals surface area contributed by atoms with E-state index in [2.05, 4.69) is 10.1 Å². The first-order valence-corrected chi connectivity index (χ1v) is 3.91. The molecule has 0 amide bonds. The SMILES string of the molecule is Cn1nc(CC2CC2)nc1N. The monoisotopic (exact) mass is 152 g/mol. The van der Waals surface area contributed by atoms with Gasteiger partial charge in [0.25, 0.3) is 0 Å². The molecule has 11 heavy (non-hydrogen) atoms. The molecule has 1 heterocycles. The second-order valence-electron chi connectivity index (χ2n) is 3.16. The molecule has 0 saturated heterocycles. The average molecular weight is 152 g/mol. The van der Waals surface area contributed by atoms with E-state index in [4.69, 9.17) is 5.73 Å². The number of rotatable bonds is 2. The Bertz CT molecular complexity index is 242. The highest BCUT2D eigenvalue weighted by molar-refractivity contribution is 5.15. The Morgan fingerprint density at radius 2 is 2.36 bits per heavy atom. The van der Waals surface area contributed by atoms with E-state index in [0.717, 1.165) is 18.2 Å². The molecule has 0 atom stereocenters. The minimum absolute atomic E-state index is 0.514. The first-order chi connectivity index (χ1) is 5.25. The largest absolute Gasteiger partial charge is 0.368 e. The normalized spacial score (nSPS) is 17.2. The van der Waals surface area contributed by atoms with E-state index < -0.39 is 0 Å². The van der Waals surface area contributed by atoms with Crippen LogP contribution < -0.4 is 5.73 Å². The molecule has 2 N–H and O–H groups in total. The van der Waals surface area contributed by atoms with E-state index >= 15 is 0 Å². The maximum Gasteiger partial charge on any atom is 0.218 e. The standard InChI is InChI=1S/C7H12N4/c1-11-7(8)9-6(10-11)4-5-2-3-5/h5H,2-4H2,1H3,(H2,8,9,10). The van der Waals surface area contributed by atoms with Crippen molar-refractivity contribution in [2.24, 2.45) is 13.0 Å². The highest BCUT2D eigenvalue weighted by Gasteiger charge is 2.23. The predicted molar refractivity (Wildman–Crippen MR) is 41.8 cm³/mol. The van der Waals surface area contributed by atoms with Crippen molar-refractivity contribution in [3.05, 3.63) is 5.82 Å². The zero-order valence-electron chi connectivity index (χ0n) is 6.62. The van der Waals surface area contributed by atoms with E-state index in [1.165, 1.54) is 12.8 Å². The molecule has 0 unspecified atom stereocenters. The summed E-state index contributed by atoms with van der Waals surface area (Å²) in [4.78, 5) is 4.12. The Labute approximate surface area is 65.4 Å². The van der Waals surface area contributed by atoms with Crippen molar-refractivity contribution < 1.29 is 0 Å². The number of aryl methyl sites for hydroxylation is 1. The smallest absolute Gasteiger partial charge is 0.218 e. The summed E-state index contributed by atoms with van der Waals surface area (Å²) in [6.07, 6.45) is 3.67. The lowest BCUT2D eigenvalue weighted by Crippen LogP contribution is -1.97. The van der Waals surface area contributed by atoms with E-state index in [-0.39, 0.29) is 0 Å². The van der Waals surface area contributed by atoms with Crippen LogP contribution in [0.3, 0.4) is 0 Å². The van der Waals surface area contributed by atoms with Crippen molar-refractivity contribution in [3.8, 4) is 0 Å². The number of anilines is 1. The number of aromatic nitrogens is 3. The molecule has 0 bridgehead atoms. The van der Waals surface area contributed by atoms with Crippen molar-refractivity contribution in [2.45, 2.75) is 19.3 Å². The van der Waals surface area contributed by atoms with Gasteiger partial charge in [-0.3, -0.25) is 0 Å². The Hall–Kier alpha value is -1.06. The van der Waals surface area contributed by atoms with Gasteiger partial charge in [-0.05, 0) is 18.8 Å². The van der Waals surface area contributed by atoms with Gasteiger partial charge in [-0.25, -0.2) is 4.68 Å². The molecule has 0 aromatic carbocycles. The highest BCUT2D eigenvalue weighted by atomic mass is 15.4. The molecule has 1 saturated carbocycles. The second kappa shape index (κ2) is 2.22. The first-order valence-electron chi connectivity index (χ1n) is 3.91. The van der Waals surface area contributed by atoms with Gasteiger partial charge in [-0.2, -0.15) is 10.1 Å². The van der Waals surface area contributed by atoms with Crippen molar-refractivity contribution in [1.82, 2.24) is 14.8 Å². The van der Waals surface area contributed by atoms with Crippen LogP contribution in [0.4, 0.5) is 5.95 Å². The maximum atomic E-state index is 5.53. The van der Waals surface area contributed by atoms with E-state index in [0.29, 0.717) is 5.95 Å². The average Bonchev–Trinajstić information content (AvgIpc) is 2.65. The molecule has 0 radical (unpaired) electrons. The zero-order valence-corrected chi connectivity index (χ0v) is 6.62. The fraction of sp³-hybridized carbons (Fsp3) is 0.714. The van der Waals surface area contributed by atoms with Crippen LogP contribution in [0.5, 0.6) is 0 Å². The molecule has 0 spiro atoms. The molecule has 0 aliphatic heterocycles. The summed E-state index contributed by atoms with van der Waals surface area (Å²) < 4.78 is 1.62. The maximum absolute atomic E-state index is 5.53. The third-order valence-corrected chi connectivity index (χ3v) is 2.01. The van der Waals surface area contributed by atoms with E-state index in [1.807, 2.05) is 7.05 Å². The number of hydrogen-bond acceptors (Lipinski definition) is 3. The first kappa shape index (κ1) is 6.64. The van der Waals surface area contributed by atoms with Crippen molar-refractivity contribution >= 4 is 5.95 Å². The van der Waals surface area contributed by atoms with Crippen LogP contribution in [0.15, 0.2) is 0 Å². The Morgan fingerprint density at radius 1 is 1.64 bits per heavy atom. The number of hydrogen-bond donors (Lipinski definition) is 1. The van der Waals surface area contributed by atoms with Crippen LogP contribution in [-0.4, -0.2) is 14.8 Å². The molecule has 2 rings (SSSR count). The third kappa shape index (κ3) is 1.34. The fourth-order valence-electron chi connectivity index (χ4n) is 1.12. The number of nitrogen functional groups attached to an aromatic ring is 1. The van der Waals surface area contributed by atoms with Gasteiger partial charge >= 0.3 is 0 Å². The van der Waals surface area contributed by atoms with Crippen LogP contribution in [0, 0.1) is 5.92 Å². The summed E-state index contributed by atoms with van der Waals surface area (Å²) in [5, 5.41) is 4.17. The number of nitrogens with zero attached hydrogens (tertiary/aromatic N) is 3. The third-order valence-electron chi connectivity index (χ3n) is 2.01. The van der Waals surface area contributed by atoms with Crippen LogP contribution in [0.2, 0.25) is 0 Å². The van der Waals surface area contributed by atoms with Crippen molar-refractivity contribution in [2.75, 3.05) is 5.73 Å². The van der Waals surface area contributed by atoms with Gasteiger partial charge in [0.15, 0.2) is 5.82 Å². The van der Waals surface area contributed by atoms with Gasteiger partial charge in [-0.15, -0.1) is 0 Å². The van der Waals surface area contributed by atoms with Crippen LogP contribution >= 0.6 is 0 Å². The molecule has 1 fully saturated rings. The van der Waals surface area contributed by atoms with Gasteiger partial charge < -0.3 is 5.73 Å². The van der Waals surface area contributed by atoms with Crippen LogP contribution in [0.1, 0.15) is 18.7 Å². The van der Waals surface area contributed by atoms with E-state index in [1.54, 1.807) is 4.68 Å². The lowest BCUT2D eigenvalue weighted by molar-refractivity contribution is 0.717. The summed E-state index contributed by atoms with van der Waals surface area (Å²) in [6.45, 7) is 0. The minimum Gasteiger partial charge on any atom is -0.368 e. The van der Waals surface area contributed by atoms with Gasteiger partial charge in [0, 0.05) is 13.5 Å². The molecular formula is C7H12N4. The van der Waals surface area contributed by atoms with Crippen molar-refractivity contribution in [3.63, 3.8) is 0 Å². The Balaban J connectivity index is 2.11. The predicted octanol–water partition coefficient (Wildman–Crippen LogP) is 0.350. The summed E-state index contributed by atoms with van der Waals surface area (Å²) in [5.74, 6) is 2.24. The Kier molecular flexibility index (Phi) is 1.34. The summed E-state index contributed by atoms with van der Waals surface area (Å²) >= 11 is 0. The molecule has 1 aromatic rings. The number of nitrogens with two attached hydrogens (primary N) is 1. The second-order valence-corrected chi connectivity index (χ2v) is 3.16. The van der Waals surface area contributed by atoms with Gasteiger partial charge in [0.05, 0.1) is 0 Å². The van der Waals surface area contributed by atoms with Gasteiger partial charge in [0.1, 0.15) is 0 Å². The lowest BCUT2D eigenvalue weighted by Gasteiger charge is -1.87. The molecular weight excluding hydrogens is 140 g/mol. The van der Waals surface area contributed by atoms with Crippen molar-refractivity contribution in [1.29, 1.82) is 0 Å². The quantitative estimate of drug-likeness (QED) is 0.665. The summed E-state index contributed by atoms with van der Waals surface area (Å²) in [5.41, 5.74) is 5.53. The molecule has 4 nitrogen and oxygen atoms in total. The molecule has 1 aliphatic carbocycles. The lowest BCUT2D eigenvalue weighted by atomic mass is 10.3. The molecule has 60 valence electrons. The summed E-state index contributed by atoms with van der Waals surface area (Å²) in [7, 11) is 1.82. The minimum atomic E-state index is 0.514. The van der Waals surface area contributed by atoms with Crippen LogP contribution in [-0.2, 0) is 13.5 Å². The Morgan fingerprint density at radius 3 is 2.82 bits per heavy atom. The van der Waals surface area contributed by atoms with Gasteiger partial charge in [-0.1, -0.05) is 0 Å².